The molecule has 0 bridgehead atoms. The van der Waals surface area contributed by atoms with Crippen LogP contribution in [0.25, 0.3) is 0 Å². The number of aryl methyl sites for hydroxylation is 1. The van der Waals surface area contributed by atoms with Gasteiger partial charge in [0.25, 0.3) is 0 Å². The van der Waals surface area contributed by atoms with Gasteiger partial charge >= 0.3 is 5.97 Å². The number of ether oxygens (including phenoxy) is 1. The molecule has 30 heavy (non-hydrogen) atoms. The van der Waals surface area contributed by atoms with Gasteiger partial charge in [-0.1, -0.05) is 55.3 Å². The van der Waals surface area contributed by atoms with E-state index < -0.39 is 11.6 Å². The number of thioether (sulfide) groups is 1. The molecule has 0 spiro atoms. The molecule has 2 aromatic rings. The van der Waals surface area contributed by atoms with Crippen molar-refractivity contribution in [3.8, 4) is 5.75 Å². The number of carbonyl (C=O) groups excluding carboxylic acids is 1. The van der Waals surface area contributed by atoms with E-state index in [0.717, 1.165) is 43.2 Å². The van der Waals surface area contributed by atoms with Crippen LogP contribution in [0.4, 0.5) is 0 Å². The number of carbonyl (C=O) groups is 1. The Morgan fingerprint density at radius 2 is 1.67 bits per heavy atom. The summed E-state index contributed by atoms with van der Waals surface area (Å²) < 4.78 is 6.15. The third-order valence-electron chi connectivity index (χ3n) is 6.31. The van der Waals surface area contributed by atoms with Gasteiger partial charge < -0.3 is 14.9 Å². The number of aliphatic hydroxyl groups excluding tert-OH is 1. The van der Waals surface area contributed by atoms with Crippen LogP contribution in [0, 0.1) is 5.92 Å². The van der Waals surface area contributed by atoms with E-state index in [4.69, 9.17) is 4.74 Å². The minimum atomic E-state index is -0.646. The Morgan fingerprint density at radius 3 is 2.33 bits per heavy atom. The number of rotatable bonds is 7. The summed E-state index contributed by atoms with van der Waals surface area (Å²) in [7, 11) is 0. The minimum Gasteiger partial charge on any atom is -0.511 e. The number of hydrogen-bond donors (Lipinski definition) is 2. The maximum atomic E-state index is 13.0. The minimum absolute atomic E-state index is 0.171. The molecule has 1 saturated carbocycles. The number of benzene rings is 2. The van der Waals surface area contributed by atoms with E-state index >= 15 is 0 Å². The molecule has 0 saturated heterocycles. The number of aliphatic hydroxyl groups is 1. The van der Waals surface area contributed by atoms with Gasteiger partial charge in [-0.15, -0.1) is 11.8 Å². The smallest absolute Gasteiger partial charge is 0.348 e. The van der Waals surface area contributed by atoms with Crippen LogP contribution >= 0.6 is 11.8 Å². The topological polar surface area (TPSA) is 66.8 Å². The van der Waals surface area contributed by atoms with Crippen molar-refractivity contribution in [2.45, 2.75) is 56.3 Å². The van der Waals surface area contributed by atoms with Crippen LogP contribution in [0.3, 0.4) is 0 Å². The van der Waals surface area contributed by atoms with Crippen molar-refractivity contribution < 1.29 is 19.7 Å². The van der Waals surface area contributed by atoms with Crippen molar-refractivity contribution in [3.05, 3.63) is 76.4 Å². The van der Waals surface area contributed by atoms with E-state index in [1.54, 1.807) is 12.1 Å². The zero-order valence-electron chi connectivity index (χ0n) is 17.0. The third kappa shape index (κ3) is 4.67. The van der Waals surface area contributed by atoms with Crippen LogP contribution in [0.1, 0.15) is 49.7 Å². The molecule has 1 heterocycles. The molecule has 2 aliphatic rings. The normalized spacial score (nSPS) is 22.3. The second-order valence-electron chi connectivity index (χ2n) is 8.33. The van der Waals surface area contributed by atoms with Gasteiger partial charge in [-0.25, -0.2) is 4.79 Å². The van der Waals surface area contributed by atoms with Crippen molar-refractivity contribution in [2.24, 2.45) is 5.92 Å². The van der Waals surface area contributed by atoms with Crippen LogP contribution in [0.5, 0.6) is 5.75 Å². The highest BCUT2D eigenvalue weighted by Crippen LogP contribution is 2.47. The van der Waals surface area contributed by atoms with E-state index in [0.29, 0.717) is 23.5 Å². The molecule has 1 aliphatic heterocycles. The summed E-state index contributed by atoms with van der Waals surface area (Å²) in [5.74, 6) is 0.927. The lowest BCUT2D eigenvalue weighted by Crippen LogP contribution is -2.45. The Hall–Kier alpha value is -2.40. The van der Waals surface area contributed by atoms with Crippen molar-refractivity contribution >= 4 is 17.7 Å². The summed E-state index contributed by atoms with van der Waals surface area (Å²) in [6.45, 7) is 0. The average Bonchev–Trinajstić information content (AvgIpc) is 3.29. The summed E-state index contributed by atoms with van der Waals surface area (Å²) >= 11 is 1.35. The SMILES string of the molecule is O=C1OC(CCc2ccc(O)cc2)(C2CCCC2)CC(O)=C1SCc1ccccc1. The quantitative estimate of drug-likeness (QED) is 0.541. The lowest BCUT2D eigenvalue weighted by Gasteiger charge is -2.41. The fourth-order valence-electron chi connectivity index (χ4n) is 4.66. The van der Waals surface area contributed by atoms with Crippen molar-refractivity contribution in [1.82, 2.24) is 0 Å². The Labute approximate surface area is 182 Å². The summed E-state index contributed by atoms with van der Waals surface area (Å²) in [6, 6.07) is 17.1. The molecular weight excluding hydrogens is 396 g/mol. The van der Waals surface area contributed by atoms with Gasteiger partial charge in [-0.3, -0.25) is 0 Å². The molecule has 158 valence electrons. The van der Waals surface area contributed by atoms with E-state index in [9.17, 15) is 15.0 Å². The number of phenols is 1. The second kappa shape index (κ2) is 9.17. The molecule has 1 fully saturated rings. The predicted molar refractivity (Wildman–Crippen MR) is 119 cm³/mol. The molecule has 0 aromatic heterocycles. The maximum absolute atomic E-state index is 13.0. The number of aromatic hydroxyl groups is 1. The Balaban J connectivity index is 1.51. The summed E-state index contributed by atoms with van der Waals surface area (Å²) in [6.07, 6.45) is 6.15. The predicted octanol–water partition coefficient (Wildman–Crippen LogP) is 5.90. The van der Waals surface area contributed by atoms with E-state index in [-0.39, 0.29) is 17.4 Å². The highest BCUT2D eigenvalue weighted by molar-refractivity contribution is 8.03. The first-order chi connectivity index (χ1) is 14.6. The highest BCUT2D eigenvalue weighted by atomic mass is 32.2. The summed E-state index contributed by atoms with van der Waals surface area (Å²) in [5.41, 5.74) is 1.55. The molecule has 1 atom stereocenters. The number of cyclic esters (lactones) is 1. The number of esters is 1. The largest absolute Gasteiger partial charge is 0.511 e. The third-order valence-corrected chi connectivity index (χ3v) is 7.48. The Bertz CT molecular complexity index is 901. The Kier molecular flexibility index (Phi) is 6.38. The second-order valence-corrected chi connectivity index (χ2v) is 9.31. The van der Waals surface area contributed by atoms with Crippen molar-refractivity contribution in [3.63, 3.8) is 0 Å². The van der Waals surface area contributed by atoms with Gasteiger partial charge in [0, 0.05) is 12.2 Å². The van der Waals surface area contributed by atoms with Gasteiger partial charge in [-0.2, -0.15) is 0 Å². The zero-order chi connectivity index (χ0) is 21.0. The van der Waals surface area contributed by atoms with Crippen LogP contribution in [0.15, 0.2) is 65.3 Å². The standard InChI is InChI=1S/C25H28O4S/c26-21-12-10-18(11-13-21)14-15-25(20-8-4-5-9-20)16-22(27)23(24(28)29-25)30-17-19-6-2-1-3-7-19/h1-3,6-7,10-13,20,26-27H,4-5,8-9,14-17H2. The van der Waals surface area contributed by atoms with E-state index in [1.165, 1.54) is 11.8 Å². The molecule has 1 aliphatic carbocycles. The van der Waals surface area contributed by atoms with Gasteiger partial charge in [0.1, 0.15) is 22.0 Å². The molecule has 1 unspecified atom stereocenters. The summed E-state index contributed by atoms with van der Waals surface area (Å²) in [5, 5.41) is 20.4. The van der Waals surface area contributed by atoms with Crippen LogP contribution < -0.4 is 0 Å². The van der Waals surface area contributed by atoms with Crippen molar-refractivity contribution in [2.75, 3.05) is 0 Å². The molecule has 5 heteroatoms. The average molecular weight is 425 g/mol. The van der Waals surface area contributed by atoms with Gasteiger partial charge in [0.15, 0.2) is 0 Å². The van der Waals surface area contributed by atoms with Gasteiger partial charge in [0.05, 0.1) is 0 Å². The highest BCUT2D eigenvalue weighted by Gasteiger charge is 2.48. The molecule has 0 amide bonds. The van der Waals surface area contributed by atoms with Crippen molar-refractivity contribution in [1.29, 1.82) is 0 Å². The first-order valence-electron chi connectivity index (χ1n) is 10.7. The number of phenolic OH excluding ortho intramolecular Hbond substituents is 1. The van der Waals surface area contributed by atoms with Crippen LogP contribution in [-0.2, 0) is 21.7 Å². The van der Waals surface area contributed by atoms with Gasteiger partial charge in [-0.05, 0) is 54.9 Å². The maximum Gasteiger partial charge on any atom is 0.348 e. The zero-order valence-corrected chi connectivity index (χ0v) is 17.9. The fraction of sp³-hybridized carbons (Fsp3) is 0.400. The van der Waals surface area contributed by atoms with Crippen LogP contribution in [-0.4, -0.2) is 21.8 Å². The van der Waals surface area contributed by atoms with Gasteiger partial charge in [0.2, 0.25) is 0 Å². The monoisotopic (exact) mass is 424 g/mol. The van der Waals surface area contributed by atoms with Crippen LogP contribution in [0.2, 0.25) is 0 Å². The molecule has 2 aromatic carbocycles. The van der Waals surface area contributed by atoms with E-state index in [1.807, 2.05) is 42.5 Å². The lowest BCUT2D eigenvalue weighted by molar-refractivity contribution is -0.166. The Morgan fingerprint density at radius 1 is 0.967 bits per heavy atom. The van der Waals surface area contributed by atoms with E-state index in [2.05, 4.69) is 0 Å². The molecule has 4 nitrogen and oxygen atoms in total. The number of hydrogen-bond acceptors (Lipinski definition) is 5. The molecule has 0 radical (unpaired) electrons. The molecule has 2 N–H and O–H groups in total. The first kappa shape index (κ1) is 20.9. The summed E-state index contributed by atoms with van der Waals surface area (Å²) in [4.78, 5) is 13.3. The lowest BCUT2D eigenvalue weighted by atomic mass is 9.77. The molecular formula is C25H28O4S. The first-order valence-corrected chi connectivity index (χ1v) is 11.6. The molecule has 4 rings (SSSR count). The fourth-order valence-corrected chi connectivity index (χ4v) is 5.56.